The topological polar surface area (TPSA) is 55.8 Å². The summed E-state index contributed by atoms with van der Waals surface area (Å²) in [5.41, 5.74) is 1.19. The van der Waals surface area contributed by atoms with E-state index < -0.39 is 6.29 Å². The monoisotopic (exact) mass is 352 g/mol. The van der Waals surface area contributed by atoms with Crippen LogP contribution < -0.4 is 0 Å². The van der Waals surface area contributed by atoms with Crippen molar-refractivity contribution in [2.75, 3.05) is 13.2 Å². The number of aliphatic hydroxyl groups excluding tert-OH is 1. The predicted octanol–water partition coefficient (Wildman–Crippen LogP) is 4.77. The van der Waals surface area contributed by atoms with E-state index in [4.69, 9.17) is 9.47 Å². The number of hydrogen-bond acceptors (Lipinski definition) is 4. The lowest BCUT2D eigenvalue weighted by molar-refractivity contribution is -0.140. The number of aliphatic hydroxyl groups is 1. The first-order chi connectivity index (χ1) is 11.8. The molecule has 0 spiro atoms. The maximum Gasteiger partial charge on any atom is 0.333 e. The number of rotatable bonds is 11. The van der Waals surface area contributed by atoms with Crippen molar-refractivity contribution in [3.05, 3.63) is 24.3 Å². The maximum atomic E-state index is 11.6. The Morgan fingerprint density at radius 3 is 2.32 bits per heavy atom. The van der Waals surface area contributed by atoms with Gasteiger partial charge in [0.1, 0.15) is 0 Å². The van der Waals surface area contributed by atoms with E-state index in [-0.39, 0.29) is 11.4 Å². The fourth-order valence-electron chi connectivity index (χ4n) is 3.62. The molecule has 25 heavy (non-hydrogen) atoms. The third-order valence-corrected chi connectivity index (χ3v) is 5.41. The van der Waals surface area contributed by atoms with Gasteiger partial charge < -0.3 is 14.6 Å². The average molecular weight is 353 g/mol. The number of carbonyl (C=O) groups excluding carboxylic acids is 1. The van der Waals surface area contributed by atoms with Crippen molar-refractivity contribution in [2.24, 2.45) is 11.3 Å². The van der Waals surface area contributed by atoms with E-state index >= 15 is 0 Å². The van der Waals surface area contributed by atoms with Crippen LogP contribution in [0.15, 0.2) is 24.3 Å². The van der Waals surface area contributed by atoms with Gasteiger partial charge in [-0.15, -0.1) is 0 Å². The third-order valence-electron chi connectivity index (χ3n) is 5.41. The zero-order valence-electron chi connectivity index (χ0n) is 16.3. The molecule has 0 aromatic heterocycles. The molecule has 4 heteroatoms. The van der Waals surface area contributed by atoms with Gasteiger partial charge in [-0.2, -0.15) is 0 Å². The van der Waals surface area contributed by atoms with Crippen LogP contribution in [0.25, 0.3) is 0 Å². The van der Waals surface area contributed by atoms with Crippen LogP contribution in [0.3, 0.4) is 0 Å². The summed E-state index contributed by atoms with van der Waals surface area (Å²) in [6.45, 7) is 13.9. The Balaban J connectivity index is 2.56. The van der Waals surface area contributed by atoms with Gasteiger partial charge in [-0.1, -0.05) is 32.9 Å². The fourth-order valence-corrected chi connectivity index (χ4v) is 3.62. The first-order valence-electron chi connectivity index (χ1n) is 9.57. The molecule has 1 saturated carbocycles. The average Bonchev–Trinajstić information content (AvgIpc) is 2.56. The Labute approximate surface area is 153 Å². The molecule has 1 atom stereocenters. The van der Waals surface area contributed by atoms with Gasteiger partial charge in [-0.25, -0.2) is 4.79 Å². The second-order valence-corrected chi connectivity index (χ2v) is 7.72. The summed E-state index contributed by atoms with van der Waals surface area (Å²) < 4.78 is 10.8. The minimum absolute atomic E-state index is 0.133. The fraction of sp³-hybridized carbons (Fsp3) is 0.762. The molecule has 0 bridgehead atoms. The Morgan fingerprint density at radius 1 is 1.20 bits per heavy atom. The summed E-state index contributed by atoms with van der Waals surface area (Å²) in [5, 5.41) is 9.76. The zero-order chi connectivity index (χ0) is 18.9. The van der Waals surface area contributed by atoms with Crippen LogP contribution in [0, 0.1) is 11.3 Å². The predicted molar refractivity (Wildman–Crippen MR) is 101 cm³/mol. The van der Waals surface area contributed by atoms with Gasteiger partial charge in [0.05, 0.1) is 13.2 Å². The lowest BCUT2D eigenvalue weighted by Gasteiger charge is -2.40. The summed E-state index contributed by atoms with van der Waals surface area (Å²) in [5.74, 6) is 0.502. The van der Waals surface area contributed by atoms with Crippen molar-refractivity contribution >= 4 is 5.97 Å². The molecule has 0 saturated heterocycles. The molecule has 0 radical (unpaired) electrons. The lowest BCUT2D eigenvalue weighted by Crippen LogP contribution is -2.31. The normalized spacial score (nSPS) is 24.6. The molecule has 1 aliphatic carbocycles. The van der Waals surface area contributed by atoms with Gasteiger partial charge in [0, 0.05) is 5.57 Å². The van der Waals surface area contributed by atoms with Gasteiger partial charge in [0.2, 0.25) is 0 Å². The van der Waals surface area contributed by atoms with Crippen LogP contribution >= 0.6 is 0 Å². The molecule has 0 amide bonds. The van der Waals surface area contributed by atoms with E-state index in [1.165, 1.54) is 25.7 Å². The van der Waals surface area contributed by atoms with E-state index in [0.29, 0.717) is 24.4 Å². The van der Waals surface area contributed by atoms with Gasteiger partial charge in [0.15, 0.2) is 6.29 Å². The molecule has 0 aliphatic heterocycles. The minimum atomic E-state index is -0.894. The molecule has 1 fully saturated rings. The molecule has 0 aromatic carbocycles. The maximum absolute atomic E-state index is 11.6. The first kappa shape index (κ1) is 21.9. The molecule has 1 unspecified atom stereocenters. The van der Waals surface area contributed by atoms with Crippen molar-refractivity contribution in [1.29, 1.82) is 0 Å². The van der Waals surface area contributed by atoms with E-state index in [0.717, 1.165) is 31.6 Å². The molecule has 4 nitrogen and oxygen atoms in total. The zero-order valence-corrected chi connectivity index (χ0v) is 16.3. The molecule has 0 heterocycles. The van der Waals surface area contributed by atoms with Gasteiger partial charge in [-0.3, -0.25) is 0 Å². The van der Waals surface area contributed by atoms with E-state index in [1.54, 1.807) is 13.8 Å². The summed E-state index contributed by atoms with van der Waals surface area (Å²) in [7, 11) is 0. The van der Waals surface area contributed by atoms with Crippen LogP contribution in [0.2, 0.25) is 0 Å². The Bertz CT molecular complexity index is 447. The Kier molecular flexibility index (Phi) is 9.44. The van der Waals surface area contributed by atoms with Gasteiger partial charge in [0.25, 0.3) is 0 Å². The number of hydrogen-bond donors (Lipinski definition) is 1. The molecule has 1 rings (SSSR count). The number of carbonyl (C=O) groups is 1. The lowest BCUT2D eigenvalue weighted by atomic mass is 9.66. The SMILES string of the molecule is C=C(C)C(=O)OCCC1(CCOC(O)C(=C)C)CCC(CCC)CC1. The molecule has 1 N–H and O–H groups in total. The van der Waals surface area contributed by atoms with E-state index in [2.05, 4.69) is 20.1 Å². The van der Waals surface area contributed by atoms with Crippen LogP contribution in [0.4, 0.5) is 0 Å². The summed E-state index contributed by atoms with van der Waals surface area (Å²) in [6, 6.07) is 0. The highest BCUT2D eigenvalue weighted by Crippen LogP contribution is 2.45. The molecule has 144 valence electrons. The van der Waals surface area contributed by atoms with Gasteiger partial charge >= 0.3 is 5.97 Å². The smallest absolute Gasteiger partial charge is 0.333 e. The summed E-state index contributed by atoms with van der Waals surface area (Å²) >= 11 is 0. The van der Waals surface area contributed by atoms with Gasteiger partial charge in [-0.05, 0) is 69.3 Å². The van der Waals surface area contributed by atoms with Crippen molar-refractivity contribution in [3.63, 3.8) is 0 Å². The van der Waals surface area contributed by atoms with Crippen LogP contribution in [0.5, 0.6) is 0 Å². The highest BCUT2D eigenvalue weighted by molar-refractivity contribution is 5.86. The highest BCUT2D eigenvalue weighted by Gasteiger charge is 2.35. The van der Waals surface area contributed by atoms with Crippen molar-refractivity contribution in [2.45, 2.75) is 78.4 Å². The summed E-state index contributed by atoms with van der Waals surface area (Å²) in [4.78, 5) is 11.6. The number of ether oxygens (including phenoxy) is 2. The summed E-state index contributed by atoms with van der Waals surface area (Å²) in [6.07, 6.45) is 8.08. The van der Waals surface area contributed by atoms with Crippen molar-refractivity contribution < 1.29 is 19.4 Å². The Morgan fingerprint density at radius 2 is 1.80 bits per heavy atom. The van der Waals surface area contributed by atoms with Crippen molar-refractivity contribution in [3.8, 4) is 0 Å². The van der Waals surface area contributed by atoms with Crippen LogP contribution in [-0.4, -0.2) is 30.6 Å². The molecular weight excluding hydrogens is 316 g/mol. The quantitative estimate of drug-likeness (QED) is 0.252. The minimum Gasteiger partial charge on any atom is -0.462 e. The van der Waals surface area contributed by atoms with Crippen molar-refractivity contribution in [1.82, 2.24) is 0 Å². The van der Waals surface area contributed by atoms with Crippen LogP contribution in [0.1, 0.15) is 72.1 Å². The molecule has 0 aromatic rings. The van der Waals surface area contributed by atoms with E-state index in [9.17, 15) is 9.90 Å². The largest absolute Gasteiger partial charge is 0.462 e. The second-order valence-electron chi connectivity index (χ2n) is 7.72. The van der Waals surface area contributed by atoms with E-state index in [1.807, 2.05) is 0 Å². The highest BCUT2D eigenvalue weighted by atomic mass is 16.6. The third kappa shape index (κ3) is 7.74. The first-order valence-corrected chi connectivity index (χ1v) is 9.57. The van der Waals surface area contributed by atoms with Crippen LogP contribution in [-0.2, 0) is 14.3 Å². The standard InChI is InChI=1S/C21H36O4/c1-6-7-18-8-10-21(11-9-18,12-14-24-19(22)16(2)3)13-15-25-20(23)17(4)5/h18-19,22H,2,4,6-15H2,1,3,5H3. The number of esters is 1. The Hall–Kier alpha value is -1.13. The molecular formula is C21H36O4. The molecule has 1 aliphatic rings. The second kappa shape index (κ2) is 10.8.